The maximum Gasteiger partial charge on any atom is 0.251 e. The number of nitrogens with one attached hydrogen (secondary N) is 1. The quantitative estimate of drug-likeness (QED) is 0.310. The summed E-state index contributed by atoms with van der Waals surface area (Å²) in [5, 5.41) is 14.4. The molecule has 0 aliphatic rings. The highest BCUT2D eigenvalue weighted by Crippen LogP contribution is 2.15. The zero-order chi connectivity index (χ0) is 15.8. The van der Waals surface area contributed by atoms with E-state index in [-0.39, 0.29) is 23.9 Å². The molecule has 1 amide bonds. The Morgan fingerprint density at radius 2 is 2.19 bits per heavy atom. The van der Waals surface area contributed by atoms with Crippen molar-refractivity contribution in [1.29, 1.82) is 0 Å². The summed E-state index contributed by atoms with van der Waals surface area (Å²) in [4.78, 5) is 12.2. The van der Waals surface area contributed by atoms with Crippen LogP contribution in [-0.4, -0.2) is 29.1 Å². The zero-order valence-corrected chi connectivity index (χ0v) is 12.7. The lowest BCUT2D eigenvalue weighted by atomic mass is 10.1. The topological polar surface area (TPSA) is 96.9 Å². The molecule has 0 aliphatic carbocycles. The summed E-state index contributed by atoms with van der Waals surface area (Å²) in [6.07, 6.45) is 1.04. The maximum atomic E-state index is 12.2. The molecule has 0 saturated heterocycles. The smallest absolute Gasteiger partial charge is 0.251 e. The van der Waals surface area contributed by atoms with Crippen molar-refractivity contribution in [3.05, 3.63) is 29.8 Å². The first-order chi connectivity index (χ1) is 9.96. The summed E-state index contributed by atoms with van der Waals surface area (Å²) < 4.78 is 5.57. The number of oxime groups is 1. The number of carbonyl (C=O) groups is 1. The first-order valence-corrected chi connectivity index (χ1v) is 7.00. The Hall–Kier alpha value is -2.24. The van der Waals surface area contributed by atoms with E-state index in [1.54, 1.807) is 18.2 Å². The van der Waals surface area contributed by atoms with Crippen molar-refractivity contribution in [2.75, 3.05) is 0 Å². The van der Waals surface area contributed by atoms with Crippen LogP contribution in [0.25, 0.3) is 0 Å². The van der Waals surface area contributed by atoms with Crippen molar-refractivity contribution in [2.45, 2.75) is 45.8 Å². The molecule has 116 valence electrons. The van der Waals surface area contributed by atoms with E-state index in [4.69, 9.17) is 15.7 Å². The van der Waals surface area contributed by atoms with Gasteiger partial charge in [-0.1, -0.05) is 18.1 Å². The van der Waals surface area contributed by atoms with Crippen LogP contribution in [0.15, 0.2) is 29.4 Å². The molecule has 0 heterocycles. The van der Waals surface area contributed by atoms with E-state index >= 15 is 0 Å². The number of hydrogen-bond donors (Lipinski definition) is 3. The van der Waals surface area contributed by atoms with Gasteiger partial charge in [0.05, 0.1) is 6.10 Å². The Balaban J connectivity index is 2.74. The summed E-state index contributed by atoms with van der Waals surface area (Å²) in [6, 6.07) is 6.83. The third-order valence-electron chi connectivity index (χ3n) is 2.88. The van der Waals surface area contributed by atoms with Gasteiger partial charge in [-0.05, 0) is 38.5 Å². The number of amidine groups is 1. The fourth-order valence-electron chi connectivity index (χ4n) is 1.84. The van der Waals surface area contributed by atoms with Crippen molar-refractivity contribution >= 4 is 11.7 Å². The van der Waals surface area contributed by atoms with Crippen LogP contribution < -0.4 is 15.8 Å². The molecule has 0 spiro atoms. The van der Waals surface area contributed by atoms with Crippen LogP contribution in [0.2, 0.25) is 0 Å². The summed E-state index contributed by atoms with van der Waals surface area (Å²) >= 11 is 0. The molecular weight excluding hydrogens is 270 g/mol. The van der Waals surface area contributed by atoms with Gasteiger partial charge in [-0.3, -0.25) is 4.79 Å². The van der Waals surface area contributed by atoms with Crippen LogP contribution in [0, 0.1) is 0 Å². The van der Waals surface area contributed by atoms with Gasteiger partial charge in [-0.25, -0.2) is 0 Å². The van der Waals surface area contributed by atoms with E-state index in [2.05, 4.69) is 10.5 Å². The third-order valence-corrected chi connectivity index (χ3v) is 2.88. The Labute approximate surface area is 125 Å². The monoisotopic (exact) mass is 293 g/mol. The lowest BCUT2D eigenvalue weighted by Gasteiger charge is -2.17. The molecule has 0 aliphatic heterocycles. The Kier molecular flexibility index (Phi) is 6.52. The number of benzene rings is 1. The van der Waals surface area contributed by atoms with Gasteiger partial charge in [-0.2, -0.15) is 0 Å². The molecule has 0 radical (unpaired) electrons. The number of ether oxygens (including phenoxy) is 1. The number of nitrogens with zero attached hydrogens (tertiary/aromatic N) is 1. The van der Waals surface area contributed by atoms with E-state index in [0.717, 1.165) is 0 Å². The van der Waals surface area contributed by atoms with Crippen LogP contribution >= 0.6 is 0 Å². The summed E-state index contributed by atoms with van der Waals surface area (Å²) in [5.41, 5.74) is 5.99. The lowest BCUT2D eigenvalue weighted by molar-refractivity contribution is 0.0936. The van der Waals surface area contributed by atoms with E-state index < -0.39 is 0 Å². The van der Waals surface area contributed by atoms with Crippen molar-refractivity contribution in [1.82, 2.24) is 5.32 Å². The van der Waals surface area contributed by atoms with Crippen molar-refractivity contribution in [2.24, 2.45) is 10.9 Å². The molecule has 6 nitrogen and oxygen atoms in total. The normalized spacial score (nSPS) is 13.0. The largest absolute Gasteiger partial charge is 0.491 e. The Bertz CT molecular complexity index is 501. The molecule has 0 fully saturated rings. The van der Waals surface area contributed by atoms with Crippen LogP contribution in [0.4, 0.5) is 0 Å². The Morgan fingerprint density at radius 3 is 2.76 bits per heavy atom. The number of carbonyl (C=O) groups excluding carboxylic acids is 1. The summed E-state index contributed by atoms with van der Waals surface area (Å²) in [7, 11) is 0. The van der Waals surface area contributed by atoms with Crippen LogP contribution in [0.1, 0.15) is 44.0 Å². The lowest BCUT2D eigenvalue weighted by Crippen LogP contribution is -2.37. The first-order valence-electron chi connectivity index (χ1n) is 7.00. The Morgan fingerprint density at radius 1 is 1.48 bits per heavy atom. The number of hydrogen-bond acceptors (Lipinski definition) is 4. The van der Waals surface area contributed by atoms with E-state index in [1.165, 1.54) is 0 Å². The first kappa shape index (κ1) is 16.8. The second kappa shape index (κ2) is 8.14. The number of nitrogens with two attached hydrogens (primary N) is 1. The summed E-state index contributed by atoms with van der Waals surface area (Å²) in [6.45, 7) is 5.78. The molecule has 1 aromatic rings. The van der Waals surface area contributed by atoms with Gasteiger partial charge in [0.25, 0.3) is 5.91 Å². The standard InChI is InChI=1S/C15H23N3O3/c1-4-12(9-14(16)18-20)17-15(19)11-6-5-7-13(8-11)21-10(2)3/h5-8,10,12,20H,4,9H2,1-3H3,(H2,16,18)(H,17,19). The third kappa shape index (κ3) is 5.72. The number of amides is 1. The summed E-state index contributed by atoms with van der Waals surface area (Å²) in [5.74, 6) is 0.544. The van der Waals surface area contributed by atoms with Gasteiger partial charge in [-0.15, -0.1) is 0 Å². The fraction of sp³-hybridized carbons (Fsp3) is 0.467. The van der Waals surface area contributed by atoms with E-state index in [0.29, 0.717) is 24.2 Å². The average Bonchev–Trinajstić information content (AvgIpc) is 2.45. The maximum absolute atomic E-state index is 12.2. The zero-order valence-electron chi connectivity index (χ0n) is 12.7. The van der Waals surface area contributed by atoms with Gasteiger partial charge in [0.1, 0.15) is 11.6 Å². The van der Waals surface area contributed by atoms with Crippen LogP contribution in [0.3, 0.4) is 0 Å². The molecule has 1 aromatic carbocycles. The highest BCUT2D eigenvalue weighted by Gasteiger charge is 2.14. The number of rotatable bonds is 7. The predicted octanol–water partition coefficient (Wildman–Crippen LogP) is 2.12. The van der Waals surface area contributed by atoms with Crippen LogP contribution in [0.5, 0.6) is 5.75 Å². The predicted molar refractivity (Wildman–Crippen MR) is 81.8 cm³/mol. The van der Waals surface area contributed by atoms with Gasteiger partial charge in [0.2, 0.25) is 0 Å². The second-order valence-electron chi connectivity index (χ2n) is 5.07. The van der Waals surface area contributed by atoms with E-state index in [9.17, 15) is 4.79 Å². The average molecular weight is 293 g/mol. The molecule has 4 N–H and O–H groups in total. The molecule has 1 atom stereocenters. The molecule has 1 rings (SSSR count). The van der Waals surface area contributed by atoms with Crippen molar-refractivity contribution < 1.29 is 14.7 Å². The minimum Gasteiger partial charge on any atom is -0.491 e. The van der Waals surface area contributed by atoms with Gasteiger partial charge in [0.15, 0.2) is 0 Å². The van der Waals surface area contributed by atoms with Gasteiger partial charge >= 0.3 is 0 Å². The highest BCUT2D eigenvalue weighted by atomic mass is 16.5. The molecular formula is C15H23N3O3. The fourth-order valence-corrected chi connectivity index (χ4v) is 1.84. The highest BCUT2D eigenvalue weighted by molar-refractivity contribution is 5.95. The van der Waals surface area contributed by atoms with Gasteiger partial charge in [0, 0.05) is 18.0 Å². The minimum atomic E-state index is -0.207. The minimum absolute atomic E-state index is 0.0484. The molecule has 6 heteroatoms. The molecule has 1 unspecified atom stereocenters. The van der Waals surface area contributed by atoms with E-state index in [1.807, 2.05) is 26.8 Å². The molecule has 0 saturated carbocycles. The van der Waals surface area contributed by atoms with Gasteiger partial charge < -0.3 is 21.0 Å². The molecule has 0 bridgehead atoms. The van der Waals surface area contributed by atoms with Crippen molar-refractivity contribution in [3.8, 4) is 5.75 Å². The van der Waals surface area contributed by atoms with Crippen LogP contribution in [-0.2, 0) is 0 Å². The SMILES string of the molecule is CCC(CC(N)=NO)NC(=O)c1cccc(OC(C)C)c1. The van der Waals surface area contributed by atoms with Crippen molar-refractivity contribution in [3.63, 3.8) is 0 Å². The molecule has 21 heavy (non-hydrogen) atoms. The molecule has 0 aromatic heterocycles. The second-order valence-corrected chi connectivity index (χ2v) is 5.07.